The number of rotatable bonds is 16. The molecule has 1 fully saturated rings. The SMILES string of the molecule is NC1(C(=O)O)CC1.Nc1ccc(C(=O)NCCC(=O)O)cc1.O=C(N[C@@H](C(=O)O)c1ccccc1)c1cc([N+](=O)[O-])cc([N+](=O)[O-])c1.O=C(O)CCNC(=O)c1ccc([N+](=O)[O-])cc1. The van der Waals surface area contributed by atoms with Crippen molar-refractivity contribution in [3.63, 3.8) is 0 Å². The number of aliphatic carboxylic acids is 4. The van der Waals surface area contributed by atoms with Crippen LogP contribution in [0.25, 0.3) is 0 Å². The number of benzene rings is 4. The van der Waals surface area contributed by atoms with E-state index in [1.807, 2.05) is 0 Å². The largest absolute Gasteiger partial charge is 0.481 e. The number of nitro groups is 3. The summed E-state index contributed by atoms with van der Waals surface area (Å²) >= 11 is 0. The molecule has 11 N–H and O–H groups in total. The number of nitro benzene ring substituents is 3. The predicted molar refractivity (Wildman–Crippen MR) is 221 cm³/mol. The minimum absolute atomic E-state index is 0.0190. The maximum absolute atomic E-state index is 12.3. The number of nitrogens with one attached hydrogen (secondary N) is 3. The Hall–Kier alpha value is -8.87. The first-order valence-electron chi connectivity index (χ1n) is 18.2. The van der Waals surface area contributed by atoms with Crippen molar-refractivity contribution in [2.45, 2.75) is 37.3 Å². The Balaban J connectivity index is 0.000000316. The Morgan fingerprint density at radius 1 is 0.594 bits per heavy atom. The van der Waals surface area contributed by atoms with Gasteiger partial charge in [-0.1, -0.05) is 30.3 Å². The van der Waals surface area contributed by atoms with E-state index in [2.05, 4.69) is 16.0 Å². The third-order valence-electron chi connectivity index (χ3n) is 8.22. The van der Waals surface area contributed by atoms with Crippen molar-refractivity contribution in [3.8, 4) is 0 Å². The molecule has 0 unspecified atom stereocenters. The van der Waals surface area contributed by atoms with Crippen molar-refractivity contribution in [2.24, 2.45) is 5.73 Å². The van der Waals surface area contributed by atoms with Gasteiger partial charge in [0.25, 0.3) is 34.8 Å². The van der Waals surface area contributed by atoms with E-state index in [-0.39, 0.29) is 54.2 Å². The zero-order valence-electron chi connectivity index (χ0n) is 33.2. The molecule has 1 saturated carbocycles. The Morgan fingerprint density at radius 2 is 1.02 bits per heavy atom. The topological polar surface area (TPSA) is 418 Å². The molecular formula is C39H40N8O17. The number of carbonyl (C=O) groups excluding carboxylic acids is 3. The molecule has 0 spiro atoms. The van der Waals surface area contributed by atoms with Gasteiger partial charge in [-0.15, -0.1) is 0 Å². The van der Waals surface area contributed by atoms with Crippen LogP contribution >= 0.6 is 0 Å². The van der Waals surface area contributed by atoms with Crippen LogP contribution < -0.4 is 27.4 Å². The molecule has 0 heterocycles. The molecule has 0 aliphatic heterocycles. The number of carboxylic acid groups (broad SMARTS) is 4. The average Bonchev–Trinajstić information content (AvgIpc) is 4.01. The number of nitrogen functional groups attached to an aromatic ring is 1. The fraction of sp³-hybridized carbons (Fsp3) is 0.205. The number of carbonyl (C=O) groups is 7. The Bertz CT molecular complexity index is 2320. The van der Waals surface area contributed by atoms with Crippen molar-refractivity contribution in [3.05, 3.63) is 150 Å². The molecule has 4 aromatic rings. The number of amides is 3. The lowest BCUT2D eigenvalue weighted by atomic mass is 10.1. The molecule has 25 nitrogen and oxygen atoms in total. The minimum atomic E-state index is -1.41. The molecule has 0 aromatic heterocycles. The molecule has 0 radical (unpaired) electrons. The zero-order valence-corrected chi connectivity index (χ0v) is 33.2. The molecular weight excluding hydrogens is 852 g/mol. The van der Waals surface area contributed by atoms with Gasteiger partial charge in [0.15, 0.2) is 6.04 Å². The van der Waals surface area contributed by atoms with Crippen LogP contribution in [0.1, 0.15) is 68.4 Å². The number of carboxylic acids is 4. The monoisotopic (exact) mass is 892 g/mol. The second-order valence-electron chi connectivity index (χ2n) is 13.1. The molecule has 0 saturated heterocycles. The maximum atomic E-state index is 12.3. The van der Waals surface area contributed by atoms with E-state index in [4.69, 9.17) is 26.8 Å². The molecule has 1 aliphatic rings. The van der Waals surface area contributed by atoms with Gasteiger partial charge in [-0.3, -0.25) is 59.1 Å². The van der Waals surface area contributed by atoms with Crippen LogP contribution in [0, 0.1) is 30.3 Å². The molecule has 0 bridgehead atoms. The number of nitrogens with zero attached hydrogens (tertiary/aromatic N) is 3. The van der Waals surface area contributed by atoms with Gasteiger partial charge in [-0.25, -0.2) is 4.79 Å². The third kappa shape index (κ3) is 17.8. The molecule has 64 heavy (non-hydrogen) atoms. The fourth-order valence-electron chi connectivity index (χ4n) is 4.57. The smallest absolute Gasteiger partial charge is 0.330 e. The van der Waals surface area contributed by atoms with E-state index in [0.717, 1.165) is 12.1 Å². The summed E-state index contributed by atoms with van der Waals surface area (Å²) < 4.78 is 0. The first kappa shape index (κ1) is 51.3. The van der Waals surface area contributed by atoms with Crippen molar-refractivity contribution < 1.29 is 68.8 Å². The molecule has 25 heteroatoms. The molecule has 5 rings (SSSR count). The van der Waals surface area contributed by atoms with Crippen molar-refractivity contribution in [1.29, 1.82) is 0 Å². The summed E-state index contributed by atoms with van der Waals surface area (Å²) in [5.41, 5.74) is 9.61. The van der Waals surface area contributed by atoms with Gasteiger partial charge in [0.05, 0.1) is 39.2 Å². The van der Waals surface area contributed by atoms with E-state index >= 15 is 0 Å². The minimum Gasteiger partial charge on any atom is -0.481 e. The summed E-state index contributed by atoms with van der Waals surface area (Å²) in [6.07, 6.45) is 1.03. The van der Waals surface area contributed by atoms with Crippen LogP contribution in [0.3, 0.4) is 0 Å². The van der Waals surface area contributed by atoms with Crippen LogP contribution in [-0.4, -0.2) is 95.4 Å². The van der Waals surface area contributed by atoms with Crippen LogP contribution in [0.15, 0.2) is 97.1 Å². The summed E-state index contributed by atoms with van der Waals surface area (Å²) in [4.78, 5) is 107. The van der Waals surface area contributed by atoms with Gasteiger partial charge in [0, 0.05) is 54.2 Å². The summed E-state index contributed by atoms with van der Waals surface area (Å²) in [5.74, 6) is -5.89. The molecule has 1 aliphatic carbocycles. The number of hydrogen-bond acceptors (Lipinski definition) is 15. The van der Waals surface area contributed by atoms with Crippen LogP contribution in [0.5, 0.6) is 0 Å². The normalized spacial score (nSPS) is 11.9. The highest BCUT2D eigenvalue weighted by atomic mass is 16.6. The van der Waals surface area contributed by atoms with Crippen molar-refractivity contribution in [1.82, 2.24) is 16.0 Å². The van der Waals surface area contributed by atoms with Crippen LogP contribution in [-0.2, 0) is 19.2 Å². The predicted octanol–water partition coefficient (Wildman–Crippen LogP) is 2.89. The van der Waals surface area contributed by atoms with Gasteiger partial charge in [-0.05, 0) is 54.8 Å². The molecule has 338 valence electrons. The van der Waals surface area contributed by atoms with Crippen molar-refractivity contribution in [2.75, 3.05) is 18.8 Å². The number of non-ortho nitro benzene ring substituents is 3. The van der Waals surface area contributed by atoms with Gasteiger partial charge in [0.2, 0.25) is 0 Å². The van der Waals surface area contributed by atoms with Gasteiger partial charge in [0.1, 0.15) is 5.54 Å². The van der Waals surface area contributed by atoms with Gasteiger partial charge >= 0.3 is 23.9 Å². The number of nitrogens with two attached hydrogens (primary N) is 2. The molecule has 4 aromatic carbocycles. The van der Waals surface area contributed by atoms with Crippen LogP contribution in [0.2, 0.25) is 0 Å². The standard InChI is InChI=1S/C15H11N3O7.C10H10N2O5.C10H12N2O3.C4H7NO2/c19-14(16-13(15(20)21)9-4-2-1-3-5-9)10-6-11(17(22)23)8-12(7-10)18(24)25;13-9(14)5-6-11-10(15)7-1-3-8(4-2-7)12(16)17;11-8-3-1-7(2-4-8)10(15)12-6-5-9(13)14;5-4(1-2-4)3(6)7/h1-8,13H,(H,16,19)(H,20,21);1-4H,5-6H2,(H,11,15)(H,13,14);1-4H,5-6,11H2,(H,12,15)(H,13,14);1-2,5H2,(H,6,7)/t13-;;;/m1.../s1. The highest BCUT2D eigenvalue weighted by molar-refractivity contribution is 5.98. The van der Waals surface area contributed by atoms with Crippen molar-refractivity contribution >= 4 is 64.3 Å². The summed E-state index contributed by atoms with van der Waals surface area (Å²) in [5, 5.41) is 73.4. The Labute approximate surface area is 360 Å². The fourth-order valence-corrected chi connectivity index (χ4v) is 4.57. The number of hydrogen-bond donors (Lipinski definition) is 9. The lowest BCUT2D eigenvalue weighted by molar-refractivity contribution is -0.394. The van der Waals surface area contributed by atoms with Crippen LogP contribution in [0.4, 0.5) is 22.7 Å². The van der Waals surface area contributed by atoms with Gasteiger partial charge in [-0.2, -0.15) is 0 Å². The first-order chi connectivity index (χ1) is 30.0. The lowest BCUT2D eigenvalue weighted by Gasteiger charge is -2.14. The Morgan fingerprint density at radius 3 is 1.36 bits per heavy atom. The quantitative estimate of drug-likeness (QED) is 0.0443. The van der Waals surface area contributed by atoms with E-state index in [0.29, 0.717) is 30.2 Å². The van der Waals surface area contributed by atoms with E-state index < -0.39 is 73.4 Å². The second kappa shape index (κ2) is 24.4. The highest BCUT2D eigenvalue weighted by Gasteiger charge is 2.46. The second-order valence-corrected chi connectivity index (χ2v) is 13.1. The molecule has 1 atom stereocenters. The Kier molecular flexibility index (Phi) is 19.5. The number of anilines is 1. The summed E-state index contributed by atoms with van der Waals surface area (Å²) in [7, 11) is 0. The third-order valence-corrected chi connectivity index (χ3v) is 8.22. The highest BCUT2D eigenvalue weighted by Crippen LogP contribution is 2.31. The molecule has 3 amide bonds. The average molecular weight is 893 g/mol. The first-order valence-corrected chi connectivity index (χ1v) is 18.2. The summed E-state index contributed by atoms with van der Waals surface area (Å²) in [6.45, 7) is 0.143. The van der Waals surface area contributed by atoms with E-state index in [9.17, 15) is 69.0 Å². The van der Waals surface area contributed by atoms with E-state index in [1.165, 1.54) is 36.4 Å². The summed E-state index contributed by atoms with van der Waals surface area (Å²) in [6, 6.07) is 20.2. The maximum Gasteiger partial charge on any atom is 0.330 e. The van der Waals surface area contributed by atoms with Gasteiger partial charge < -0.3 is 47.8 Å². The zero-order chi connectivity index (χ0) is 48.1. The lowest BCUT2D eigenvalue weighted by Crippen LogP contribution is -2.33. The van der Waals surface area contributed by atoms with E-state index in [1.54, 1.807) is 42.5 Å².